The lowest BCUT2D eigenvalue weighted by Gasteiger charge is -2.11. The number of aromatic nitrogens is 5. The number of rotatable bonds is 4. The quantitative estimate of drug-likeness (QED) is 0.759. The normalized spacial score (nSPS) is 10.3. The van der Waals surface area contributed by atoms with E-state index in [0.717, 1.165) is 11.4 Å². The third kappa shape index (κ3) is 3.31. The van der Waals surface area contributed by atoms with Gasteiger partial charge in [-0.15, -0.1) is 10.2 Å². The maximum absolute atomic E-state index is 12.2. The Kier molecular flexibility index (Phi) is 3.96. The molecule has 0 radical (unpaired) electrons. The number of carbonyl (C=O) groups is 1. The van der Waals surface area contributed by atoms with Crippen LogP contribution in [0.1, 0.15) is 10.4 Å². The van der Waals surface area contributed by atoms with Crippen LogP contribution in [0, 0.1) is 0 Å². The highest BCUT2D eigenvalue weighted by Crippen LogP contribution is 2.16. The predicted molar refractivity (Wildman–Crippen MR) is 86.1 cm³/mol. The number of aromatic amines is 1. The molecule has 1 aromatic carbocycles. The Bertz CT molecular complexity index is 780. The van der Waals surface area contributed by atoms with Crippen molar-refractivity contribution in [3.8, 4) is 11.4 Å². The Hall–Kier alpha value is -3.29. The molecule has 3 aromatic rings. The summed E-state index contributed by atoms with van der Waals surface area (Å²) in [5, 5.41) is 16.5. The fourth-order valence-electron chi connectivity index (χ4n) is 1.98. The van der Waals surface area contributed by atoms with Crippen LogP contribution in [0.3, 0.4) is 0 Å². The van der Waals surface area contributed by atoms with Crippen molar-refractivity contribution in [2.24, 2.45) is 0 Å². The lowest BCUT2D eigenvalue weighted by atomic mass is 10.1. The van der Waals surface area contributed by atoms with Gasteiger partial charge in [0.1, 0.15) is 5.82 Å². The molecule has 0 bridgehead atoms. The Morgan fingerprint density at radius 2 is 1.91 bits per heavy atom. The molecular formula is C15H15N7O. The first-order valence-electron chi connectivity index (χ1n) is 6.92. The molecule has 0 aliphatic heterocycles. The number of nitrogens with one attached hydrogen (secondary N) is 2. The van der Waals surface area contributed by atoms with Crippen molar-refractivity contribution in [1.29, 1.82) is 0 Å². The summed E-state index contributed by atoms with van der Waals surface area (Å²) in [6.45, 7) is 0. The van der Waals surface area contributed by atoms with Crippen LogP contribution in [-0.4, -0.2) is 45.6 Å². The first kappa shape index (κ1) is 14.6. The summed E-state index contributed by atoms with van der Waals surface area (Å²) in [6.07, 6.45) is 1.63. The minimum Gasteiger partial charge on any atom is -0.363 e. The number of hydrogen-bond acceptors (Lipinski definition) is 6. The zero-order valence-corrected chi connectivity index (χ0v) is 12.7. The minimum absolute atomic E-state index is 0.205. The molecule has 0 saturated heterocycles. The van der Waals surface area contributed by atoms with Gasteiger partial charge in [0.25, 0.3) is 5.91 Å². The van der Waals surface area contributed by atoms with E-state index in [0.29, 0.717) is 17.1 Å². The molecule has 2 N–H and O–H groups in total. The summed E-state index contributed by atoms with van der Waals surface area (Å²) < 4.78 is 0. The van der Waals surface area contributed by atoms with E-state index in [9.17, 15) is 4.79 Å². The Labute approximate surface area is 132 Å². The topological polar surface area (TPSA) is 99.7 Å². The SMILES string of the molecule is CN(C)c1ccc(NC(=O)c2ccc(-c3nn[nH]n3)cc2)cn1. The number of tetrazole rings is 1. The molecule has 8 heteroatoms. The van der Waals surface area contributed by atoms with Gasteiger partial charge >= 0.3 is 0 Å². The van der Waals surface area contributed by atoms with Gasteiger partial charge < -0.3 is 10.2 Å². The average Bonchev–Trinajstić information content (AvgIpc) is 3.10. The molecule has 2 aromatic heterocycles. The van der Waals surface area contributed by atoms with E-state index >= 15 is 0 Å². The minimum atomic E-state index is -0.205. The van der Waals surface area contributed by atoms with Crippen molar-refractivity contribution in [2.45, 2.75) is 0 Å². The molecule has 0 aliphatic carbocycles. The second-order valence-electron chi connectivity index (χ2n) is 5.07. The average molecular weight is 309 g/mol. The molecule has 0 spiro atoms. The highest BCUT2D eigenvalue weighted by Gasteiger charge is 2.08. The van der Waals surface area contributed by atoms with Crippen molar-refractivity contribution < 1.29 is 4.79 Å². The van der Waals surface area contributed by atoms with E-state index in [1.807, 2.05) is 31.1 Å². The van der Waals surface area contributed by atoms with Gasteiger partial charge in [-0.1, -0.05) is 12.1 Å². The Morgan fingerprint density at radius 1 is 1.13 bits per heavy atom. The van der Waals surface area contributed by atoms with E-state index in [4.69, 9.17) is 0 Å². The second-order valence-corrected chi connectivity index (χ2v) is 5.07. The fourth-order valence-corrected chi connectivity index (χ4v) is 1.98. The van der Waals surface area contributed by atoms with Crippen LogP contribution in [0.15, 0.2) is 42.6 Å². The Balaban J connectivity index is 1.70. The molecule has 8 nitrogen and oxygen atoms in total. The lowest BCUT2D eigenvalue weighted by Crippen LogP contribution is -2.13. The number of pyridine rings is 1. The van der Waals surface area contributed by atoms with Crippen LogP contribution in [0.25, 0.3) is 11.4 Å². The summed E-state index contributed by atoms with van der Waals surface area (Å²) in [6, 6.07) is 10.6. The molecule has 0 saturated carbocycles. The molecule has 1 amide bonds. The van der Waals surface area contributed by atoms with Gasteiger partial charge in [-0.05, 0) is 29.5 Å². The second kappa shape index (κ2) is 6.22. The molecule has 23 heavy (non-hydrogen) atoms. The number of benzene rings is 1. The predicted octanol–water partition coefficient (Wildman–Crippen LogP) is 1.58. The Morgan fingerprint density at radius 3 is 2.48 bits per heavy atom. The number of hydrogen-bond donors (Lipinski definition) is 2. The van der Waals surface area contributed by atoms with Crippen LogP contribution in [-0.2, 0) is 0 Å². The van der Waals surface area contributed by atoms with E-state index < -0.39 is 0 Å². The fraction of sp³-hybridized carbons (Fsp3) is 0.133. The molecule has 0 atom stereocenters. The van der Waals surface area contributed by atoms with Gasteiger partial charge in [0, 0.05) is 25.2 Å². The molecule has 0 aliphatic rings. The van der Waals surface area contributed by atoms with E-state index in [2.05, 4.69) is 30.9 Å². The standard InChI is InChI=1S/C15H15N7O/c1-22(2)13-8-7-12(9-16-13)17-15(23)11-5-3-10(4-6-11)14-18-20-21-19-14/h3-9H,1-2H3,(H,17,23)(H,18,19,20,21). The van der Waals surface area contributed by atoms with Crippen LogP contribution in [0.4, 0.5) is 11.5 Å². The highest BCUT2D eigenvalue weighted by molar-refractivity contribution is 6.04. The summed E-state index contributed by atoms with van der Waals surface area (Å²) in [4.78, 5) is 18.4. The van der Waals surface area contributed by atoms with Crippen LogP contribution < -0.4 is 10.2 Å². The molecule has 0 fully saturated rings. The van der Waals surface area contributed by atoms with Gasteiger partial charge in [-0.2, -0.15) is 5.21 Å². The van der Waals surface area contributed by atoms with Crippen LogP contribution in [0.2, 0.25) is 0 Å². The number of anilines is 2. The van der Waals surface area contributed by atoms with Gasteiger partial charge in [0.15, 0.2) is 0 Å². The van der Waals surface area contributed by atoms with Crippen molar-refractivity contribution in [3.05, 3.63) is 48.2 Å². The zero-order valence-electron chi connectivity index (χ0n) is 12.7. The number of nitrogens with zero attached hydrogens (tertiary/aromatic N) is 5. The van der Waals surface area contributed by atoms with Crippen molar-refractivity contribution in [1.82, 2.24) is 25.6 Å². The smallest absolute Gasteiger partial charge is 0.255 e. The van der Waals surface area contributed by atoms with E-state index in [1.54, 1.807) is 30.5 Å². The maximum Gasteiger partial charge on any atom is 0.255 e. The third-order valence-electron chi connectivity index (χ3n) is 3.21. The van der Waals surface area contributed by atoms with Gasteiger partial charge in [0.2, 0.25) is 5.82 Å². The van der Waals surface area contributed by atoms with E-state index in [1.165, 1.54) is 0 Å². The monoisotopic (exact) mass is 309 g/mol. The number of carbonyl (C=O) groups excluding carboxylic acids is 1. The summed E-state index contributed by atoms with van der Waals surface area (Å²) in [5.74, 6) is 1.11. The molecule has 116 valence electrons. The van der Waals surface area contributed by atoms with Gasteiger partial charge in [0.05, 0.1) is 11.9 Å². The third-order valence-corrected chi connectivity index (χ3v) is 3.21. The van der Waals surface area contributed by atoms with Crippen molar-refractivity contribution in [3.63, 3.8) is 0 Å². The van der Waals surface area contributed by atoms with Crippen LogP contribution >= 0.6 is 0 Å². The summed E-state index contributed by atoms with van der Waals surface area (Å²) in [5.41, 5.74) is 1.96. The maximum atomic E-state index is 12.2. The number of H-pyrrole nitrogens is 1. The first-order chi connectivity index (χ1) is 11.1. The van der Waals surface area contributed by atoms with E-state index in [-0.39, 0.29) is 5.91 Å². The molecule has 2 heterocycles. The lowest BCUT2D eigenvalue weighted by molar-refractivity contribution is 0.102. The number of amides is 1. The summed E-state index contributed by atoms with van der Waals surface area (Å²) >= 11 is 0. The van der Waals surface area contributed by atoms with Gasteiger partial charge in [-0.25, -0.2) is 4.98 Å². The highest BCUT2D eigenvalue weighted by atomic mass is 16.1. The van der Waals surface area contributed by atoms with Crippen molar-refractivity contribution >= 4 is 17.4 Å². The zero-order chi connectivity index (χ0) is 16.2. The first-order valence-corrected chi connectivity index (χ1v) is 6.92. The molecular weight excluding hydrogens is 294 g/mol. The molecule has 3 rings (SSSR count). The van der Waals surface area contributed by atoms with Gasteiger partial charge in [-0.3, -0.25) is 4.79 Å². The van der Waals surface area contributed by atoms with Crippen LogP contribution in [0.5, 0.6) is 0 Å². The largest absolute Gasteiger partial charge is 0.363 e. The molecule has 0 unspecified atom stereocenters. The van der Waals surface area contributed by atoms with Crippen molar-refractivity contribution in [2.75, 3.05) is 24.3 Å². The summed E-state index contributed by atoms with van der Waals surface area (Å²) in [7, 11) is 3.82.